The maximum Gasteiger partial charge on any atom is 0.170 e. The van der Waals surface area contributed by atoms with E-state index < -0.39 is 0 Å². The van der Waals surface area contributed by atoms with E-state index in [4.69, 9.17) is 22.5 Å². The van der Waals surface area contributed by atoms with Crippen molar-refractivity contribution in [1.82, 2.24) is 10.2 Å². The van der Waals surface area contributed by atoms with Crippen molar-refractivity contribution in [3.8, 4) is 0 Å². The Hall–Kier alpha value is -1.30. The number of nitrogens with zero attached hydrogens (tertiary/aromatic N) is 2. The van der Waals surface area contributed by atoms with E-state index in [0.717, 1.165) is 25.2 Å². The Labute approximate surface area is 124 Å². The maximum atomic E-state index is 8.63. The van der Waals surface area contributed by atoms with Gasteiger partial charge in [0, 0.05) is 30.2 Å². The molecule has 4 N–H and O–H groups in total. The fourth-order valence-electron chi connectivity index (χ4n) is 2.37. The summed E-state index contributed by atoms with van der Waals surface area (Å²) in [7, 11) is 0. The number of hydrogen-bond donors (Lipinski definition) is 3. The highest BCUT2D eigenvalue weighted by Gasteiger charge is 2.10. The number of nitrogens with two attached hydrogens (primary N) is 1. The molecule has 1 aliphatic rings. The van der Waals surface area contributed by atoms with Crippen LogP contribution in [0.2, 0.25) is 5.02 Å². The topological polar surface area (TPSA) is 73.9 Å². The number of nitrogens with one attached hydrogen (secondary N) is 1. The van der Waals surface area contributed by atoms with Gasteiger partial charge < -0.3 is 21.2 Å². The lowest BCUT2D eigenvalue weighted by atomic mass is 10.1. The number of likely N-dealkylation sites (tertiary alicyclic amines) is 1. The van der Waals surface area contributed by atoms with Gasteiger partial charge in [-0.15, -0.1) is 0 Å². The Balaban J connectivity index is 1.80. The summed E-state index contributed by atoms with van der Waals surface area (Å²) in [6, 6.07) is 5.42. The summed E-state index contributed by atoms with van der Waals surface area (Å²) in [6.45, 7) is 5.20. The van der Waals surface area contributed by atoms with E-state index in [1.807, 2.05) is 6.07 Å². The summed E-state index contributed by atoms with van der Waals surface area (Å²) in [5, 5.41) is 15.6. The molecule has 1 heterocycles. The summed E-state index contributed by atoms with van der Waals surface area (Å²) in [6.07, 6.45) is 2.64. The van der Waals surface area contributed by atoms with Crippen LogP contribution in [0.3, 0.4) is 0 Å². The van der Waals surface area contributed by atoms with Crippen LogP contribution in [0.25, 0.3) is 0 Å². The van der Waals surface area contributed by atoms with Crippen molar-refractivity contribution in [2.45, 2.75) is 19.4 Å². The van der Waals surface area contributed by atoms with Crippen LogP contribution in [-0.4, -0.2) is 42.1 Å². The summed E-state index contributed by atoms with van der Waals surface area (Å²) < 4.78 is 0. The number of halogens is 1. The first-order valence-corrected chi connectivity index (χ1v) is 7.28. The molecule has 0 amide bonds. The van der Waals surface area contributed by atoms with Crippen LogP contribution in [0.1, 0.15) is 24.0 Å². The van der Waals surface area contributed by atoms with Gasteiger partial charge in [-0.05, 0) is 37.6 Å². The summed E-state index contributed by atoms with van der Waals surface area (Å²) in [4.78, 5) is 2.47. The van der Waals surface area contributed by atoms with Crippen LogP contribution in [0.5, 0.6) is 0 Å². The van der Waals surface area contributed by atoms with E-state index in [2.05, 4.69) is 15.4 Å². The number of amidine groups is 1. The largest absolute Gasteiger partial charge is 0.409 e. The minimum atomic E-state index is 0.0699. The number of oxime groups is 1. The maximum absolute atomic E-state index is 8.63. The highest BCUT2D eigenvalue weighted by atomic mass is 35.5. The molecule has 0 radical (unpaired) electrons. The normalized spacial score (nSPS) is 16.8. The zero-order valence-electron chi connectivity index (χ0n) is 11.5. The van der Waals surface area contributed by atoms with Gasteiger partial charge in [0.05, 0.1) is 0 Å². The fraction of sp³-hybridized carbons (Fsp3) is 0.500. The molecule has 6 heteroatoms. The minimum Gasteiger partial charge on any atom is -0.409 e. The van der Waals surface area contributed by atoms with Crippen molar-refractivity contribution in [3.05, 3.63) is 34.3 Å². The lowest BCUT2D eigenvalue weighted by Gasteiger charge is -2.15. The molecule has 1 fully saturated rings. The second-order valence-corrected chi connectivity index (χ2v) is 5.42. The first-order valence-electron chi connectivity index (χ1n) is 6.90. The van der Waals surface area contributed by atoms with Crippen LogP contribution in [0.4, 0.5) is 0 Å². The zero-order chi connectivity index (χ0) is 14.4. The van der Waals surface area contributed by atoms with Crippen molar-refractivity contribution in [2.75, 3.05) is 26.2 Å². The van der Waals surface area contributed by atoms with Crippen LogP contribution in [-0.2, 0) is 6.54 Å². The van der Waals surface area contributed by atoms with Gasteiger partial charge in [-0.1, -0.05) is 28.9 Å². The molecule has 0 atom stereocenters. The third-order valence-corrected chi connectivity index (χ3v) is 3.93. The molecule has 5 nitrogen and oxygen atoms in total. The quantitative estimate of drug-likeness (QED) is 0.245. The third kappa shape index (κ3) is 4.10. The van der Waals surface area contributed by atoms with Gasteiger partial charge in [0.2, 0.25) is 0 Å². The molecule has 1 aliphatic heterocycles. The first-order chi connectivity index (χ1) is 9.70. The van der Waals surface area contributed by atoms with Gasteiger partial charge in [0.15, 0.2) is 5.84 Å². The Bertz CT molecular complexity index is 472. The summed E-state index contributed by atoms with van der Waals surface area (Å²) in [5.74, 6) is 0.0699. The second kappa shape index (κ2) is 7.47. The van der Waals surface area contributed by atoms with Crippen molar-refractivity contribution >= 4 is 17.4 Å². The lowest BCUT2D eigenvalue weighted by Crippen LogP contribution is -2.29. The van der Waals surface area contributed by atoms with Crippen molar-refractivity contribution < 1.29 is 5.21 Å². The van der Waals surface area contributed by atoms with Crippen LogP contribution < -0.4 is 11.1 Å². The molecule has 1 aromatic rings. The van der Waals surface area contributed by atoms with Crippen molar-refractivity contribution in [2.24, 2.45) is 10.9 Å². The molecular formula is C14H21ClN4O. The van der Waals surface area contributed by atoms with Gasteiger partial charge in [-0.25, -0.2) is 0 Å². The average Bonchev–Trinajstić information content (AvgIpc) is 2.97. The first kappa shape index (κ1) is 15.1. The van der Waals surface area contributed by atoms with Crippen LogP contribution in [0, 0.1) is 0 Å². The van der Waals surface area contributed by atoms with Crippen molar-refractivity contribution in [3.63, 3.8) is 0 Å². The lowest BCUT2D eigenvalue weighted by molar-refractivity contribution is 0.318. The van der Waals surface area contributed by atoms with Crippen LogP contribution in [0.15, 0.2) is 23.4 Å². The van der Waals surface area contributed by atoms with Gasteiger partial charge in [-0.3, -0.25) is 0 Å². The van der Waals surface area contributed by atoms with Crippen molar-refractivity contribution in [1.29, 1.82) is 0 Å². The molecule has 1 aromatic carbocycles. The Morgan fingerprint density at radius 3 is 2.80 bits per heavy atom. The molecule has 1 saturated heterocycles. The summed E-state index contributed by atoms with van der Waals surface area (Å²) >= 11 is 6.19. The highest BCUT2D eigenvalue weighted by Crippen LogP contribution is 2.17. The van der Waals surface area contributed by atoms with E-state index in [1.165, 1.54) is 25.9 Å². The standard InChI is InChI=1S/C14H21ClN4O/c15-13-9-11(14(16)18-20)3-4-12(13)10-17-5-8-19-6-1-2-7-19/h3-4,9,17,20H,1-2,5-8,10H2,(H2,16,18). The van der Waals surface area contributed by atoms with Gasteiger partial charge in [0.25, 0.3) is 0 Å². The smallest absolute Gasteiger partial charge is 0.170 e. The molecule has 20 heavy (non-hydrogen) atoms. The molecule has 0 bridgehead atoms. The predicted octanol–water partition coefficient (Wildman–Crippen LogP) is 1.62. The molecule has 0 unspecified atom stereocenters. The van der Waals surface area contributed by atoms with E-state index in [-0.39, 0.29) is 5.84 Å². The predicted molar refractivity (Wildman–Crippen MR) is 81.3 cm³/mol. The average molecular weight is 297 g/mol. The minimum absolute atomic E-state index is 0.0699. The molecular weight excluding hydrogens is 276 g/mol. The molecule has 0 aromatic heterocycles. The third-order valence-electron chi connectivity index (χ3n) is 3.58. The van der Waals surface area contributed by atoms with Gasteiger partial charge in [-0.2, -0.15) is 0 Å². The molecule has 0 saturated carbocycles. The van der Waals surface area contributed by atoms with Crippen LogP contribution >= 0.6 is 11.6 Å². The van der Waals surface area contributed by atoms with E-state index in [0.29, 0.717) is 10.6 Å². The molecule has 2 rings (SSSR count). The number of rotatable bonds is 6. The Morgan fingerprint density at radius 2 is 2.15 bits per heavy atom. The SMILES string of the molecule is N/C(=N/O)c1ccc(CNCCN2CCCC2)c(Cl)c1. The van der Waals surface area contributed by atoms with E-state index in [9.17, 15) is 0 Å². The summed E-state index contributed by atoms with van der Waals surface area (Å²) in [5.41, 5.74) is 7.16. The van der Waals surface area contributed by atoms with Gasteiger partial charge >= 0.3 is 0 Å². The second-order valence-electron chi connectivity index (χ2n) is 5.02. The monoisotopic (exact) mass is 296 g/mol. The number of hydrogen-bond acceptors (Lipinski definition) is 4. The highest BCUT2D eigenvalue weighted by molar-refractivity contribution is 6.31. The van der Waals surface area contributed by atoms with E-state index in [1.54, 1.807) is 12.1 Å². The fourth-order valence-corrected chi connectivity index (χ4v) is 2.62. The van der Waals surface area contributed by atoms with E-state index >= 15 is 0 Å². The van der Waals surface area contributed by atoms with Gasteiger partial charge in [0.1, 0.15) is 0 Å². The number of benzene rings is 1. The Kier molecular flexibility index (Phi) is 5.64. The molecule has 0 aliphatic carbocycles. The zero-order valence-corrected chi connectivity index (χ0v) is 12.2. The molecule has 0 spiro atoms. The Morgan fingerprint density at radius 1 is 1.40 bits per heavy atom. The molecule has 110 valence electrons.